The number of piperazine rings is 1. The minimum Gasteiger partial charge on any atom is -0.447 e. The van der Waals surface area contributed by atoms with Crippen molar-refractivity contribution in [2.45, 2.75) is 44.6 Å². The maximum atomic E-state index is 13.3. The van der Waals surface area contributed by atoms with Crippen LogP contribution in [0.4, 0.5) is 10.6 Å². The van der Waals surface area contributed by atoms with E-state index in [9.17, 15) is 24.3 Å². The number of carbonyl (C=O) groups excluding carboxylic acids is 4. The van der Waals surface area contributed by atoms with Gasteiger partial charge < -0.3 is 25.8 Å². The van der Waals surface area contributed by atoms with Crippen molar-refractivity contribution in [3.8, 4) is 0 Å². The van der Waals surface area contributed by atoms with Crippen LogP contribution in [0, 0.1) is 0 Å². The number of aromatic nitrogens is 2. The smallest absolute Gasteiger partial charge is 0.408 e. The van der Waals surface area contributed by atoms with Crippen LogP contribution in [0.25, 0.3) is 0 Å². The molecule has 2 saturated heterocycles. The van der Waals surface area contributed by atoms with Gasteiger partial charge in [-0.25, -0.2) is 14.8 Å². The summed E-state index contributed by atoms with van der Waals surface area (Å²) in [7, 11) is 0. The van der Waals surface area contributed by atoms with E-state index < -0.39 is 54.6 Å². The average molecular weight is 449 g/mol. The number of fused-ring (bicyclic) bond motifs is 1. The lowest BCUT2D eigenvalue weighted by atomic mass is 9.99. The van der Waals surface area contributed by atoms with Crippen molar-refractivity contribution in [2.24, 2.45) is 5.73 Å². The molecule has 0 radical (unpaired) electrons. The second-order valence-electron chi connectivity index (χ2n) is 7.80. The topological polar surface area (TPSA) is 171 Å². The Balaban J connectivity index is 1.95. The van der Waals surface area contributed by atoms with Crippen molar-refractivity contribution in [2.75, 3.05) is 31.1 Å². The molecule has 1 unspecified atom stereocenters. The van der Waals surface area contributed by atoms with Gasteiger partial charge in [-0.1, -0.05) is 0 Å². The highest BCUT2D eigenvalue weighted by Gasteiger charge is 2.51. The van der Waals surface area contributed by atoms with Crippen molar-refractivity contribution in [3.05, 3.63) is 18.6 Å². The summed E-state index contributed by atoms with van der Waals surface area (Å²) in [5, 5.41) is 12.1. The fraction of sp³-hybridized carbons (Fsp3) is 0.579. The first kappa shape index (κ1) is 23.3. The molecule has 4 amide bonds. The van der Waals surface area contributed by atoms with Crippen LogP contribution < -0.4 is 16.0 Å². The first-order chi connectivity index (χ1) is 15.2. The number of β-amino-alcohol motifs (C(OH)–C–C–N with tert-alkyl or cyclic N) is 1. The summed E-state index contributed by atoms with van der Waals surface area (Å²) >= 11 is 0. The summed E-state index contributed by atoms with van der Waals surface area (Å²) in [6.07, 6.45) is 0.525. The first-order valence-electron chi connectivity index (χ1n) is 10.2. The van der Waals surface area contributed by atoms with Crippen molar-refractivity contribution >= 4 is 29.6 Å². The minimum atomic E-state index is -1.19. The zero-order chi connectivity index (χ0) is 23.4. The third-order valence-electron chi connectivity index (χ3n) is 5.20. The molecule has 0 aromatic carbocycles. The molecule has 3 rings (SSSR count). The molecular formula is C19H27N7O6. The third kappa shape index (κ3) is 4.94. The van der Waals surface area contributed by atoms with Crippen LogP contribution in [-0.4, -0.2) is 99.3 Å². The summed E-state index contributed by atoms with van der Waals surface area (Å²) < 4.78 is 5.07. The van der Waals surface area contributed by atoms with E-state index in [1.807, 2.05) is 0 Å². The number of nitrogens with zero attached hydrogens (tertiary/aromatic N) is 5. The largest absolute Gasteiger partial charge is 0.447 e. The Morgan fingerprint density at radius 3 is 2.66 bits per heavy atom. The van der Waals surface area contributed by atoms with Crippen LogP contribution in [0.2, 0.25) is 0 Å². The van der Waals surface area contributed by atoms with E-state index in [-0.39, 0.29) is 26.2 Å². The number of rotatable bonds is 7. The number of ether oxygens (including phenoxy) is 1. The Labute approximate surface area is 184 Å². The normalized spacial score (nSPS) is 23.8. The lowest BCUT2D eigenvalue weighted by Crippen LogP contribution is -2.75. The number of hydrogen-bond donors (Lipinski definition) is 3. The van der Waals surface area contributed by atoms with E-state index in [1.54, 1.807) is 24.8 Å². The number of amides is 4. The van der Waals surface area contributed by atoms with Gasteiger partial charge in [0.1, 0.15) is 30.4 Å². The second-order valence-corrected chi connectivity index (χ2v) is 7.80. The number of aliphatic hydroxyl groups is 1. The molecule has 13 nitrogen and oxygen atoms in total. The van der Waals surface area contributed by atoms with Gasteiger partial charge in [-0.3, -0.25) is 24.2 Å². The maximum Gasteiger partial charge on any atom is 0.408 e. The molecule has 2 aliphatic heterocycles. The minimum absolute atomic E-state index is 0.0556. The van der Waals surface area contributed by atoms with Gasteiger partial charge in [0, 0.05) is 19.3 Å². The van der Waals surface area contributed by atoms with Gasteiger partial charge >= 0.3 is 6.09 Å². The molecule has 32 heavy (non-hydrogen) atoms. The molecule has 0 spiro atoms. The van der Waals surface area contributed by atoms with Crippen LogP contribution in [0.3, 0.4) is 0 Å². The SMILES string of the molecule is CC(C)OC(=O)N[C@H]1CN(CCO)C2CN(c3ccncn3)C(=O)[C@H](CC(N)=O)N2C1=O. The van der Waals surface area contributed by atoms with Crippen molar-refractivity contribution in [3.63, 3.8) is 0 Å². The van der Waals surface area contributed by atoms with Crippen LogP contribution in [0.1, 0.15) is 20.3 Å². The number of alkyl carbamates (subject to hydrolysis) is 1. The lowest BCUT2D eigenvalue weighted by molar-refractivity contribution is -0.161. The summed E-state index contributed by atoms with van der Waals surface area (Å²) in [5.74, 6) is -1.51. The van der Waals surface area contributed by atoms with Gasteiger partial charge in [-0.05, 0) is 19.9 Å². The van der Waals surface area contributed by atoms with Crippen LogP contribution in [0.5, 0.6) is 0 Å². The number of anilines is 1. The molecule has 3 heterocycles. The molecule has 13 heteroatoms. The summed E-state index contributed by atoms with van der Waals surface area (Å²) in [6, 6.07) is -0.680. The Bertz CT molecular complexity index is 867. The molecule has 174 valence electrons. The van der Waals surface area contributed by atoms with Crippen molar-refractivity contribution in [1.82, 2.24) is 25.1 Å². The van der Waals surface area contributed by atoms with E-state index in [4.69, 9.17) is 10.5 Å². The molecule has 2 aliphatic rings. The Hall–Kier alpha value is -3.32. The standard InChI is InChI=1S/C19H27N7O6/c1-11(2)32-19(31)23-12-8-24(5-6-27)16-9-25(15-3-4-21-10-22-15)18(30)13(7-14(20)28)26(16)17(12)29/h3-4,10-13,16,27H,5-9H2,1-2H3,(H2,20,28)(H,23,31)/t12-,13-,16?/m0/s1. The first-order valence-corrected chi connectivity index (χ1v) is 10.2. The molecule has 0 aliphatic carbocycles. The zero-order valence-electron chi connectivity index (χ0n) is 17.9. The monoisotopic (exact) mass is 449 g/mol. The third-order valence-corrected chi connectivity index (χ3v) is 5.20. The maximum absolute atomic E-state index is 13.3. The van der Waals surface area contributed by atoms with E-state index in [1.165, 1.54) is 22.3 Å². The quantitative estimate of drug-likeness (QED) is 0.427. The fourth-order valence-corrected chi connectivity index (χ4v) is 3.95. The zero-order valence-corrected chi connectivity index (χ0v) is 17.9. The van der Waals surface area contributed by atoms with Crippen molar-refractivity contribution < 1.29 is 29.0 Å². The van der Waals surface area contributed by atoms with E-state index in [0.717, 1.165) is 0 Å². The number of carbonyl (C=O) groups is 4. The van der Waals surface area contributed by atoms with Gasteiger partial charge in [0.15, 0.2) is 0 Å². The summed E-state index contributed by atoms with van der Waals surface area (Å²) in [4.78, 5) is 62.9. The van der Waals surface area contributed by atoms with E-state index >= 15 is 0 Å². The Morgan fingerprint density at radius 1 is 1.31 bits per heavy atom. The van der Waals surface area contributed by atoms with Crippen LogP contribution in [-0.2, 0) is 19.1 Å². The number of hydrogen-bond acceptors (Lipinski definition) is 9. The number of primary amides is 1. The van der Waals surface area contributed by atoms with E-state index in [2.05, 4.69) is 15.3 Å². The van der Waals surface area contributed by atoms with Gasteiger partial charge in [0.05, 0.1) is 25.7 Å². The highest BCUT2D eigenvalue weighted by Crippen LogP contribution is 2.29. The summed E-state index contributed by atoms with van der Waals surface area (Å²) in [6.45, 7) is 3.43. The second kappa shape index (κ2) is 9.87. The van der Waals surface area contributed by atoms with Crippen LogP contribution in [0.15, 0.2) is 18.6 Å². The lowest BCUT2D eigenvalue weighted by Gasteiger charge is -2.53. The average Bonchev–Trinajstić information content (AvgIpc) is 2.72. The van der Waals surface area contributed by atoms with Gasteiger partial charge in [0.2, 0.25) is 11.8 Å². The highest BCUT2D eigenvalue weighted by atomic mass is 16.6. The molecule has 1 aromatic heterocycles. The molecule has 0 saturated carbocycles. The van der Waals surface area contributed by atoms with Gasteiger partial charge in [-0.15, -0.1) is 0 Å². The Morgan fingerprint density at radius 2 is 2.06 bits per heavy atom. The van der Waals surface area contributed by atoms with Gasteiger partial charge in [0.25, 0.3) is 5.91 Å². The molecule has 3 atom stereocenters. The molecule has 4 N–H and O–H groups in total. The van der Waals surface area contributed by atoms with Crippen LogP contribution >= 0.6 is 0 Å². The predicted octanol–water partition coefficient (Wildman–Crippen LogP) is -1.97. The Kier molecular flexibility index (Phi) is 7.20. The summed E-state index contributed by atoms with van der Waals surface area (Å²) in [5.41, 5.74) is 5.38. The van der Waals surface area contributed by atoms with Gasteiger partial charge in [-0.2, -0.15) is 0 Å². The number of nitrogens with two attached hydrogens (primary N) is 1. The predicted molar refractivity (Wildman–Crippen MR) is 110 cm³/mol. The fourth-order valence-electron chi connectivity index (χ4n) is 3.95. The highest BCUT2D eigenvalue weighted by molar-refractivity contribution is 6.03. The van der Waals surface area contributed by atoms with E-state index in [0.29, 0.717) is 5.82 Å². The molecule has 2 fully saturated rings. The molecule has 0 bridgehead atoms. The van der Waals surface area contributed by atoms with Crippen molar-refractivity contribution in [1.29, 1.82) is 0 Å². The molecule has 1 aromatic rings. The number of aliphatic hydroxyl groups excluding tert-OH is 1. The number of nitrogens with one attached hydrogen (secondary N) is 1. The molecular weight excluding hydrogens is 422 g/mol.